The van der Waals surface area contributed by atoms with Crippen LogP contribution in [0.5, 0.6) is 0 Å². The molecule has 0 atom stereocenters. The third-order valence-corrected chi connectivity index (χ3v) is 10.8. The van der Waals surface area contributed by atoms with Gasteiger partial charge in [-0.05, 0) is 0 Å². The first-order chi connectivity index (χ1) is 13.0. The molecule has 0 N–H and O–H groups in total. The second-order valence-electron chi connectivity index (χ2n) is 7.64. The Bertz CT molecular complexity index is 940. The van der Waals surface area contributed by atoms with Crippen LogP contribution in [0.25, 0.3) is 22.3 Å². The van der Waals surface area contributed by atoms with E-state index in [1.54, 1.807) is 0 Å². The molecule has 3 aromatic rings. The van der Waals surface area contributed by atoms with Crippen molar-refractivity contribution in [3.63, 3.8) is 0 Å². The Hall–Kier alpha value is -0.680. The molecule has 0 aliphatic carbocycles. The third-order valence-electron chi connectivity index (χ3n) is 5.14. The molecule has 0 aliphatic rings. The predicted octanol–water partition coefficient (Wildman–Crippen LogP) is 7.73. The molecule has 0 radical (unpaired) electrons. The Labute approximate surface area is 183 Å². The zero-order chi connectivity index (χ0) is 20.8. The number of rotatable bonds is 3. The standard InChI is InChI=1S/C24H25Cl3Te/c1-14-10-16(3)22(17(4)11-14)20-8-7-9-21(24(20)28(25,26)27)23-18(5)12-15(2)13-19(23)6/h7-13H,1-6H3. The number of aryl methyl sites for hydroxylation is 6. The van der Waals surface area contributed by atoms with Gasteiger partial charge in [-0.1, -0.05) is 0 Å². The monoisotopic (exact) mass is 548 g/mol. The van der Waals surface area contributed by atoms with Gasteiger partial charge in [-0.2, -0.15) is 0 Å². The van der Waals surface area contributed by atoms with Crippen molar-refractivity contribution < 1.29 is 0 Å². The van der Waals surface area contributed by atoms with Gasteiger partial charge in [-0.3, -0.25) is 0 Å². The van der Waals surface area contributed by atoms with E-state index in [1.807, 2.05) is 0 Å². The topological polar surface area (TPSA) is 0 Å². The molecule has 148 valence electrons. The summed E-state index contributed by atoms with van der Waals surface area (Å²) in [6.07, 6.45) is 0. The predicted molar refractivity (Wildman–Crippen MR) is 129 cm³/mol. The Morgan fingerprint density at radius 2 is 0.893 bits per heavy atom. The summed E-state index contributed by atoms with van der Waals surface area (Å²) in [6, 6.07) is 15.1. The van der Waals surface area contributed by atoms with Crippen molar-refractivity contribution in [2.75, 3.05) is 0 Å². The maximum atomic E-state index is 6.76. The average molecular weight is 547 g/mol. The van der Waals surface area contributed by atoms with Crippen LogP contribution in [0.4, 0.5) is 0 Å². The molecule has 0 nitrogen and oxygen atoms in total. The van der Waals surface area contributed by atoms with E-state index < -0.39 is 14.8 Å². The van der Waals surface area contributed by atoms with E-state index in [-0.39, 0.29) is 0 Å². The minimum atomic E-state index is -3.80. The van der Waals surface area contributed by atoms with Gasteiger partial charge in [0.2, 0.25) is 0 Å². The van der Waals surface area contributed by atoms with E-state index in [1.165, 1.54) is 44.5 Å². The Balaban J connectivity index is 2.43. The van der Waals surface area contributed by atoms with Gasteiger partial charge >= 0.3 is 185 Å². The Morgan fingerprint density at radius 1 is 0.571 bits per heavy atom. The van der Waals surface area contributed by atoms with E-state index >= 15 is 0 Å². The first-order valence-electron chi connectivity index (χ1n) is 9.22. The SMILES string of the molecule is Cc1cc(C)c(-c2cccc(-c3c(C)cc(C)cc3C)c2[Te](Cl)(Cl)Cl)c(C)c1. The van der Waals surface area contributed by atoms with E-state index in [0.29, 0.717) is 0 Å². The van der Waals surface area contributed by atoms with E-state index in [2.05, 4.69) is 84.0 Å². The van der Waals surface area contributed by atoms with Gasteiger partial charge in [-0.15, -0.1) is 0 Å². The van der Waals surface area contributed by atoms with Gasteiger partial charge in [0, 0.05) is 0 Å². The van der Waals surface area contributed by atoms with Crippen LogP contribution in [-0.4, -0.2) is 14.8 Å². The summed E-state index contributed by atoms with van der Waals surface area (Å²) in [4.78, 5) is 0. The van der Waals surface area contributed by atoms with Crippen molar-refractivity contribution in [3.8, 4) is 22.3 Å². The summed E-state index contributed by atoms with van der Waals surface area (Å²) in [7, 11) is 20.3. The molecule has 0 amide bonds. The van der Waals surface area contributed by atoms with Crippen LogP contribution in [0.15, 0.2) is 42.5 Å². The number of benzene rings is 3. The Kier molecular flexibility index (Phi) is 6.46. The van der Waals surface area contributed by atoms with Gasteiger partial charge in [0.05, 0.1) is 0 Å². The summed E-state index contributed by atoms with van der Waals surface area (Å²) >= 11 is -3.80. The molecule has 0 unspecified atom stereocenters. The second-order valence-corrected chi connectivity index (χ2v) is 23.6. The number of hydrogen-bond acceptors (Lipinski definition) is 0. The van der Waals surface area contributed by atoms with Crippen molar-refractivity contribution in [1.29, 1.82) is 0 Å². The summed E-state index contributed by atoms with van der Waals surface area (Å²) in [5, 5.41) is 0. The molecule has 0 heterocycles. The van der Waals surface area contributed by atoms with E-state index in [4.69, 9.17) is 26.9 Å². The molecule has 0 bridgehead atoms. The molecule has 4 heteroatoms. The molecule has 0 saturated carbocycles. The molecule has 28 heavy (non-hydrogen) atoms. The summed E-state index contributed by atoms with van der Waals surface area (Å²) < 4.78 is 0.931. The van der Waals surface area contributed by atoms with Crippen LogP contribution < -0.4 is 3.61 Å². The zero-order valence-corrected chi connectivity index (χ0v) is 21.7. The molecular weight excluding hydrogens is 522 g/mol. The van der Waals surface area contributed by atoms with Crippen molar-refractivity contribution in [2.24, 2.45) is 0 Å². The van der Waals surface area contributed by atoms with E-state index in [0.717, 1.165) is 14.7 Å². The average Bonchev–Trinajstić information content (AvgIpc) is 2.51. The van der Waals surface area contributed by atoms with E-state index in [9.17, 15) is 0 Å². The quantitative estimate of drug-likeness (QED) is 0.295. The van der Waals surface area contributed by atoms with Crippen LogP contribution in [-0.2, 0) is 0 Å². The van der Waals surface area contributed by atoms with Crippen LogP contribution in [0, 0.1) is 41.5 Å². The van der Waals surface area contributed by atoms with Crippen molar-refractivity contribution >= 4 is 45.3 Å². The Morgan fingerprint density at radius 3 is 1.18 bits per heavy atom. The molecule has 3 rings (SSSR count). The molecular formula is C24H25Cl3Te. The molecule has 0 saturated heterocycles. The van der Waals surface area contributed by atoms with Crippen LogP contribution in [0.3, 0.4) is 0 Å². The van der Waals surface area contributed by atoms with Gasteiger partial charge < -0.3 is 0 Å². The summed E-state index contributed by atoms with van der Waals surface area (Å²) in [5.74, 6) is 0. The van der Waals surface area contributed by atoms with Gasteiger partial charge in [-0.25, -0.2) is 0 Å². The normalized spacial score (nSPS) is 12.3. The van der Waals surface area contributed by atoms with Crippen LogP contribution >= 0.6 is 26.9 Å². The number of halogens is 3. The minimum absolute atomic E-state index is 0.931. The fraction of sp³-hybridized carbons (Fsp3) is 0.250. The van der Waals surface area contributed by atoms with Gasteiger partial charge in [0.15, 0.2) is 0 Å². The van der Waals surface area contributed by atoms with Crippen molar-refractivity contribution in [3.05, 3.63) is 75.8 Å². The third kappa shape index (κ3) is 4.26. The summed E-state index contributed by atoms with van der Waals surface area (Å²) in [6.45, 7) is 12.8. The van der Waals surface area contributed by atoms with Gasteiger partial charge in [0.1, 0.15) is 0 Å². The van der Waals surface area contributed by atoms with Gasteiger partial charge in [0.25, 0.3) is 0 Å². The maximum absolute atomic E-state index is 6.76. The van der Waals surface area contributed by atoms with Crippen LogP contribution in [0.1, 0.15) is 33.4 Å². The first-order valence-corrected chi connectivity index (χ1v) is 19.2. The fourth-order valence-electron chi connectivity index (χ4n) is 4.39. The number of hydrogen-bond donors (Lipinski definition) is 0. The van der Waals surface area contributed by atoms with Crippen molar-refractivity contribution in [1.82, 2.24) is 0 Å². The second kappa shape index (κ2) is 8.22. The first kappa shape index (κ1) is 22.0. The summed E-state index contributed by atoms with van der Waals surface area (Å²) in [5.41, 5.74) is 11.8. The molecule has 0 fully saturated rings. The van der Waals surface area contributed by atoms with Crippen molar-refractivity contribution in [2.45, 2.75) is 41.5 Å². The fourth-order valence-corrected chi connectivity index (χ4v) is 10.1. The molecule has 0 spiro atoms. The van der Waals surface area contributed by atoms with Crippen LogP contribution in [0.2, 0.25) is 0 Å². The molecule has 0 aliphatic heterocycles. The molecule has 0 aromatic heterocycles. The zero-order valence-electron chi connectivity index (χ0n) is 17.1. The molecule has 3 aromatic carbocycles.